The molecule has 144 valence electrons. The third kappa shape index (κ3) is 5.24. The number of aromatic amines is 1. The lowest BCUT2D eigenvalue weighted by Crippen LogP contribution is -2.24. The molecule has 2 heterocycles. The maximum absolute atomic E-state index is 12.5. The number of nitrogens with one attached hydrogen (secondary N) is 2. The van der Waals surface area contributed by atoms with Gasteiger partial charge in [-0.3, -0.25) is 9.89 Å². The van der Waals surface area contributed by atoms with Gasteiger partial charge in [0.1, 0.15) is 17.0 Å². The van der Waals surface area contributed by atoms with Crippen LogP contribution in [0.25, 0.3) is 11.5 Å². The quantitative estimate of drug-likeness (QED) is 0.621. The summed E-state index contributed by atoms with van der Waals surface area (Å²) in [6.07, 6.45) is 5.31. The van der Waals surface area contributed by atoms with E-state index in [2.05, 4.69) is 25.5 Å². The second kappa shape index (κ2) is 8.44. The Hall–Kier alpha value is -3.53. The van der Waals surface area contributed by atoms with Crippen LogP contribution in [-0.2, 0) is 9.84 Å². The molecule has 3 aromatic rings. The zero-order chi connectivity index (χ0) is 20.0. The lowest BCUT2D eigenvalue weighted by Gasteiger charge is -2.10. The number of carbonyl (C=O) groups is 1. The van der Waals surface area contributed by atoms with Crippen molar-refractivity contribution in [1.82, 2.24) is 25.5 Å². The lowest BCUT2D eigenvalue weighted by atomic mass is 10.2. The van der Waals surface area contributed by atoms with Crippen molar-refractivity contribution in [1.29, 1.82) is 0 Å². The van der Waals surface area contributed by atoms with Crippen molar-refractivity contribution < 1.29 is 17.9 Å². The van der Waals surface area contributed by atoms with Crippen LogP contribution in [0.15, 0.2) is 60.3 Å². The standard InChI is InChI=1S/C18H17N5O4S/c1-28(25,26)11-5-9-19-17(24)14-12-20-16(15-8-10-21-23-15)22-18(14)27-13-6-3-2-4-7-13/h2-8,10-12H,9H2,1H3,(H,19,24)(H,21,23). The predicted molar refractivity (Wildman–Crippen MR) is 102 cm³/mol. The number of para-hydroxylation sites is 1. The Kier molecular flexibility index (Phi) is 5.80. The summed E-state index contributed by atoms with van der Waals surface area (Å²) in [5, 5.41) is 10.2. The van der Waals surface area contributed by atoms with Crippen LogP contribution in [0, 0.1) is 0 Å². The van der Waals surface area contributed by atoms with E-state index in [1.807, 2.05) is 6.07 Å². The maximum Gasteiger partial charge on any atom is 0.258 e. The van der Waals surface area contributed by atoms with E-state index in [1.54, 1.807) is 36.5 Å². The molecule has 0 unspecified atom stereocenters. The summed E-state index contributed by atoms with van der Waals surface area (Å²) in [6, 6.07) is 10.6. The molecule has 0 fully saturated rings. The van der Waals surface area contributed by atoms with Crippen molar-refractivity contribution in [3.63, 3.8) is 0 Å². The first-order chi connectivity index (χ1) is 13.4. The molecule has 3 rings (SSSR count). The van der Waals surface area contributed by atoms with Gasteiger partial charge in [-0.05, 0) is 18.2 Å². The van der Waals surface area contributed by atoms with Gasteiger partial charge in [0.05, 0.1) is 0 Å². The van der Waals surface area contributed by atoms with Gasteiger partial charge in [0.2, 0.25) is 5.88 Å². The van der Waals surface area contributed by atoms with E-state index in [9.17, 15) is 13.2 Å². The number of ether oxygens (including phenoxy) is 1. The van der Waals surface area contributed by atoms with Crippen LogP contribution in [-0.4, -0.2) is 47.3 Å². The summed E-state index contributed by atoms with van der Waals surface area (Å²) in [5.74, 6) is 0.385. The number of benzene rings is 1. The van der Waals surface area contributed by atoms with E-state index < -0.39 is 15.7 Å². The number of sulfone groups is 1. The maximum atomic E-state index is 12.5. The normalized spacial score (nSPS) is 11.5. The minimum absolute atomic E-state index is 0.0268. The summed E-state index contributed by atoms with van der Waals surface area (Å²) in [7, 11) is -3.26. The first-order valence-electron chi connectivity index (χ1n) is 8.17. The molecule has 0 radical (unpaired) electrons. The molecule has 2 aromatic heterocycles. The third-order valence-corrected chi connectivity index (χ3v) is 4.11. The monoisotopic (exact) mass is 399 g/mol. The average Bonchev–Trinajstić information content (AvgIpc) is 3.20. The van der Waals surface area contributed by atoms with Gasteiger partial charge < -0.3 is 10.1 Å². The largest absolute Gasteiger partial charge is 0.438 e. The molecule has 1 aromatic carbocycles. The Labute approximate surface area is 161 Å². The van der Waals surface area contributed by atoms with Gasteiger partial charge in [-0.15, -0.1) is 0 Å². The number of aromatic nitrogens is 4. The van der Waals surface area contributed by atoms with E-state index in [0.717, 1.165) is 11.7 Å². The van der Waals surface area contributed by atoms with E-state index >= 15 is 0 Å². The van der Waals surface area contributed by atoms with Crippen molar-refractivity contribution in [3.05, 3.63) is 65.8 Å². The Balaban J connectivity index is 1.86. The summed E-state index contributed by atoms with van der Waals surface area (Å²) in [5.41, 5.74) is 0.681. The first kappa shape index (κ1) is 19.2. The minimum Gasteiger partial charge on any atom is -0.438 e. The molecular formula is C18H17N5O4S. The number of hydrogen-bond acceptors (Lipinski definition) is 7. The van der Waals surface area contributed by atoms with Crippen molar-refractivity contribution in [2.45, 2.75) is 0 Å². The third-order valence-electron chi connectivity index (χ3n) is 3.42. The smallest absolute Gasteiger partial charge is 0.258 e. The van der Waals surface area contributed by atoms with Crippen LogP contribution >= 0.6 is 0 Å². The van der Waals surface area contributed by atoms with Crippen LogP contribution in [0.2, 0.25) is 0 Å². The second-order valence-corrected chi connectivity index (χ2v) is 7.64. The molecule has 2 N–H and O–H groups in total. The van der Waals surface area contributed by atoms with Gasteiger partial charge in [-0.25, -0.2) is 13.4 Å². The Morgan fingerprint density at radius 2 is 2.04 bits per heavy atom. The molecule has 0 bridgehead atoms. The van der Waals surface area contributed by atoms with Crippen molar-refractivity contribution in [2.24, 2.45) is 0 Å². The Morgan fingerprint density at radius 1 is 1.25 bits per heavy atom. The fourth-order valence-corrected chi connectivity index (χ4v) is 2.63. The number of nitrogens with zero attached hydrogens (tertiary/aromatic N) is 3. The van der Waals surface area contributed by atoms with E-state index in [4.69, 9.17) is 4.74 Å². The van der Waals surface area contributed by atoms with Crippen molar-refractivity contribution in [2.75, 3.05) is 12.8 Å². The fraction of sp³-hybridized carbons (Fsp3) is 0.111. The summed E-state index contributed by atoms with van der Waals surface area (Å²) in [4.78, 5) is 21.0. The van der Waals surface area contributed by atoms with Gasteiger partial charge in [0, 0.05) is 30.6 Å². The number of carbonyl (C=O) groups excluding carboxylic acids is 1. The summed E-state index contributed by atoms with van der Waals surface area (Å²) in [6.45, 7) is 0.0268. The number of H-pyrrole nitrogens is 1. The zero-order valence-electron chi connectivity index (χ0n) is 14.9. The molecule has 0 aliphatic rings. The highest BCUT2D eigenvalue weighted by Crippen LogP contribution is 2.25. The highest BCUT2D eigenvalue weighted by atomic mass is 32.2. The number of amides is 1. The molecule has 9 nitrogen and oxygen atoms in total. The van der Waals surface area contributed by atoms with Crippen molar-refractivity contribution >= 4 is 15.7 Å². The number of hydrogen-bond donors (Lipinski definition) is 2. The highest BCUT2D eigenvalue weighted by molar-refractivity contribution is 7.93. The van der Waals surface area contributed by atoms with Gasteiger partial charge in [0.25, 0.3) is 5.91 Å². The second-order valence-electron chi connectivity index (χ2n) is 5.71. The molecule has 0 atom stereocenters. The molecule has 0 saturated heterocycles. The van der Waals surface area contributed by atoms with E-state index in [1.165, 1.54) is 12.3 Å². The SMILES string of the molecule is CS(=O)(=O)C=CCNC(=O)c1cnc(-c2ccn[nH]2)nc1Oc1ccccc1. The van der Waals surface area contributed by atoms with Crippen LogP contribution in [0.3, 0.4) is 0 Å². The topological polar surface area (TPSA) is 127 Å². The molecule has 10 heteroatoms. The summed E-state index contributed by atoms with van der Waals surface area (Å²) >= 11 is 0. The molecule has 28 heavy (non-hydrogen) atoms. The molecule has 0 aliphatic carbocycles. The molecular weight excluding hydrogens is 382 g/mol. The van der Waals surface area contributed by atoms with Crippen LogP contribution in [0.5, 0.6) is 11.6 Å². The van der Waals surface area contributed by atoms with Gasteiger partial charge in [-0.2, -0.15) is 10.1 Å². The van der Waals surface area contributed by atoms with Gasteiger partial charge >= 0.3 is 0 Å². The van der Waals surface area contributed by atoms with E-state index in [0.29, 0.717) is 17.3 Å². The summed E-state index contributed by atoms with van der Waals surface area (Å²) < 4.78 is 28.0. The van der Waals surface area contributed by atoms with Crippen LogP contribution in [0.4, 0.5) is 0 Å². The van der Waals surface area contributed by atoms with Gasteiger partial charge in [0.15, 0.2) is 15.7 Å². The van der Waals surface area contributed by atoms with Crippen LogP contribution < -0.4 is 10.1 Å². The molecule has 1 amide bonds. The molecule has 0 saturated carbocycles. The molecule has 0 aliphatic heterocycles. The predicted octanol–water partition coefficient (Wildman–Crippen LogP) is 1.95. The van der Waals surface area contributed by atoms with Crippen LogP contribution in [0.1, 0.15) is 10.4 Å². The molecule has 0 spiro atoms. The highest BCUT2D eigenvalue weighted by Gasteiger charge is 2.17. The van der Waals surface area contributed by atoms with Gasteiger partial charge in [-0.1, -0.05) is 24.3 Å². The lowest BCUT2D eigenvalue weighted by molar-refractivity contribution is 0.0954. The van der Waals surface area contributed by atoms with E-state index in [-0.39, 0.29) is 18.0 Å². The Morgan fingerprint density at radius 3 is 2.71 bits per heavy atom. The first-order valence-corrected chi connectivity index (χ1v) is 10.1. The number of rotatable bonds is 7. The fourth-order valence-electron chi connectivity index (χ4n) is 2.18. The van der Waals surface area contributed by atoms with Crippen molar-refractivity contribution in [3.8, 4) is 23.1 Å². The zero-order valence-corrected chi connectivity index (χ0v) is 15.7. The minimum atomic E-state index is -3.26. The Bertz CT molecular complexity index is 1080. The average molecular weight is 399 g/mol.